The SMILES string of the molecule is CNC(C)c1cc(C)ccc1OCc1ccc(C)c(C)c1. The Morgan fingerprint density at radius 1 is 1.00 bits per heavy atom. The van der Waals surface area contributed by atoms with Crippen LogP contribution in [0.15, 0.2) is 36.4 Å². The summed E-state index contributed by atoms with van der Waals surface area (Å²) in [4.78, 5) is 0. The second kappa shape index (κ2) is 6.77. The molecule has 0 radical (unpaired) electrons. The van der Waals surface area contributed by atoms with Crippen molar-refractivity contribution in [1.82, 2.24) is 5.32 Å². The Labute approximate surface area is 128 Å². The summed E-state index contributed by atoms with van der Waals surface area (Å²) >= 11 is 0. The minimum absolute atomic E-state index is 0.277. The maximum atomic E-state index is 6.06. The summed E-state index contributed by atoms with van der Waals surface area (Å²) in [5.74, 6) is 0.959. The van der Waals surface area contributed by atoms with E-state index in [-0.39, 0.29) is 6.04 Å². The third-order valence-corrected chi connectivity index (χ3v) is 4.03. The van der Waals surface area contributed by atoms with Crippen molar-refractivity contribution in [1.29, 1.82) is 0 Å². The lowest BCUT2D eigenvalue weighted by Gasteiger charge is -2.17. The zero-order valence-electron chi connectivity index (χ0n) is 13.7. The molecular formula is C19H25NO. The van der Waals surface area contributed by atoms with Crippen LogP contribution in [0.5, 0.6) is 5.75 Å². The fraction of sp³-hybridized carbons (Fsp3) is 0.368. The Balaban J connectivity index is 2.17. The van der Waals surface area contributed by atoms with Gasteiger partial charge in [-0.3, -0.25) is 0 Å². The molecule has 0 bridgehead atoms. The van der Waals surface area contributed by atoms with Crippen LogP contribution in [0.2, 0.25) is 0 Å². The van der Waals surface area contributed by atoms with Gasteiger partial charge in [0.1, 0.15) is 12.4 Å². The van der Waals surface area contributed by atoms with E-state index in [1.807, 2.05) is 7.05 Å². The van der Waals surface area contributed by atoms with Gasteiger partial charge in [0.05, 0.1) is 0 Å². The molecule has 0 amide bonds. The number of rotatable bonds is 5. The van der Waals surface area contributed by atoms with Crippen molar-refractivity contribution in [3.8, 4) is 5.75 Å². The van der Waals surface area contributed by atoms with Gasteiger partial charge in [-0.2, -0.15) is 0 Å². The second-order valence-corrected chi connectivity index (χ2v) is 5.76. The molecule has 0 aliphatic heterocycles. The van der Waals surface area contributed by atoms with Crippen LogP contribution in [0.1, 0.15) is 40.8 Å². The zero-order valence-corrected chi connectivity index (χ0v) is 13.7. The van der Waals surface area contributed by atoms with Gasteiger partial charge in [-0.1, -0.05) is 35.9 Å². The van der Waals surface area contributed by atoms with Gasteiger partial charge >= 0.3 is 0 Å². The highest BCUT2D eigenvalue weighted by Gasteiger charge is 2.10. The molecule has 0 fully saturated rings. The third kappa shape index (κ3) is 3.85. The summed E-state index contributed by atoms with van der Waals surface area (Å²) in [7, 11) is 1.97. The van der Waals surface area contributed by atoms with Gasteiger partial charge in [0.2, 0.25) is 0 Å². The molecule has 0 aliphatic carbocycles. The van der Waals surface area contributed by atoms with E-state index in [0.29, 0.717) is 6.61 Å². The minimum Gasteiger partial charge on any atom is -0.489 e. The summed E-state index contributed by atoms with van der Waals surface area (Å²) in [6.07, 6.45) is 0. The van der Waals surface area contributed by atoms with Gasteiger partial charge in [-0.15, -0.1) is 0 Å². The molecule has 112 valence electrons. The number of benzene rings is 2. The van der Waals surface area contributed by atoms with Crippen molar-refractivity contribution < 1.29 is 4.74 Å². The summed E-state index contributed by atoms with van der Waals surface area (Å²) in [5.41, 5.74) is 6.30. The zero-order chi connectivity index (χ0) is 15.4. The molecule has 0 aromatic heterocycles. The smallest absolute Gasteiger partial charge is 0.124 e. The topological polar surface area (TPSA) is 21.3 Å². The standard InChI is InChI=1S/C19H25NO/c1-13-6-9-19(18(10-13)16(4)20-5)21-12-17-8-7-14(2)15(3)11-17/h6-11,16,20H,12H2,1-5H3. The molecule has 0 spiro atoms. The molecule has 0 saturated carbocycles. The molecule has 2 aromatic carbocycles. The van der Waals surface area contributed by atoms with Crippen LogP contribution in [0.4, 0.5) is 0 Å². The number of ether oxygens (including phenoxy) is 1. The maximum absolute atomic E-state index is 6.06. The quantitative estimate of drug-likeness (QED) is 0.874. The fourth-order valence-corrected chi connectivity index (χ4v) is 2.35. The summed E-state index contributed by atoms with van der Waals surface area (Å²) in [6.45, 7) is 9.14. The van der Waals surface area contributed by atoms with E-state index in [1.165, 1.54) is 27.8 Å². The van der Waals surface area contributed by atoms with Crippen LogP contribution in [-0.2, 0) is 6.61 Å². The van der Waals surface area contributed by atoms with Gasteiger partial charge in [0.15, 0.2) is 0 Å². The van der Waals surface area contributed by atoms with Crippen LogP contribution in [-0.4, -0.2) is 7.05 Å². The first-order valence-corrected chi connectivity index (χ1v) is 7.48. The Hall–Kier alpha value is -1.80. The highest BCUT2D eigenvalue weighted by atomic mass is 16.5. The van der Waals surface area contributed by atoms with E-state index in [4.69, 9.17) is 4.74 Å². The predicted molar refractivity (Wildman–Crippen MR) is 88.9 cm³/mol. The van der Waals surface area contributed by atoms with E-state index < -0.39 is 0 Å². The fourth-order valence-electron chi connectivity index (χ4n) is 2.35. The van der Waals surface area contributed by atoms with Crippen molar-refractivity contribution in [2.24, 2.45) is 0 Å². The molecule has 1 atom stereocenters. The van der Waals surface area contributed by atoms with Gasteiger partial charge in [-0.05, 0) is 57.5 Å². The van der Waals surface area contributed by atoms with Crippen LogP contribution >= 0.6 is 0 Å². The van der Waals surface area contributed by atoms with Crippen molar-refractivity contribution >= 4 is 0 Å². The van der Waals surface area contributed by atoms with E-state index in [0.717, 1.165) is 5.75 Å². The van der Waals surface area contributed by atoms with Gasteiger partial charge in [0.25, 0.3) is 0 Å². The first kappa shape index (κ1) is 15.6. The summed E-state index contributed by atoms with van der Waals surface area (Å²) in [6, 6.07) is 13.1. The van der Waals surface area contributed by atoms with E-state index in [2.05, 4.69) is 69.4 Å². The molecule has 2 aromatic rings. The predicted octanol–water partition coefficient (Wildman–Crippen LogP) is 4.47. The monoisotopic (exact) mass is 283 g/mol. The third-order valence-electron chi connectivity index (χ3n) is 4.03. The largest absolute Gasteiger partial charge is 0.489 e. The van der Waals surface area contributed by atoms with Gasteiger partial charge in [0, 0.05) is 11.6 Å². The van der Waals surface area contributed by atoms with Crippen molar-refractivity contribution in [3.05, 3.63) is 64.2 Å². The van der Waals surface area contributed by atoms with E-state index in [1.54, 1.807) is 0 Å². The molecule has 0 heterocycles. The van der Waals surface area contributed by atoms with Crippen molar-refractivity contribution in [2.45, 2.75) is 40.3 Å². The van der Waals surface area contributed by atoms with Crippen LogP contribution < -0.4 is 10.1 Å². The Bertz CT molecular complexity index is 619. The number of hydrogen-bond acceptors (Lipinski definition) is 2. The molecule has 2 rings (SSSR count). The normalized spacial score (nSPS) is 12.2. The second-order valence-electron chi connectivity index (χ2n) is 5.76. The van der Waals surface area contributed by atoms with Crippen LogP contribution in [0, 0.1) is 20.8 Å². The minimum atomic E-state index is 0.277. The van der Waals surface area contributed by atoms with E-state index >= 15 is 0 Å². The lowest BCUT2D eigenvalue weighted by Crippen LogP contribution is -2.14. The molecule has 0 aliphatic rings. The summed E-state index contributed by atoms with van der Waals surface area (Å²) < 4.78 is 6.06. The van der Waals surface area contributed by atoms with E-state index in [9.17, 15) is 0 Å². The first-order valence-electron chi connectivity index (χ1n) is 7.48. The lowest BCUT2D eigenvalue weighted by atomic mass is 10.0. The van der Waals surface area contributed by atoms with Crippen LogP contribution in [0.25, 0.3) is 0 Å². The average Bonchev–Trinajstić information content (AvgIpc) is 2.48. The van der Waals surface area contributed by atoms with Crippen LogP contribution in [0.3, 0.4) is 0 Å². The highest BCUT2D eigenvalue weighted by molar-refractivity contribution is 5.39. The number of aryl methyl sites for hydroxylation is 3. The molecule has 1 unspecified atom stereocenters. The number of hydrogen-bond donors (Lipinski definition) is 1. The maximum Gasteiger partial charge on any atom is 0.124 e. The molecule has 21 heavy (non-hydrogen) atoms. The van der Waals surface area contributed by atoms with Gasteiger partial charge in [-0.25, -0.2) is 0 Å². The Morgan fingerprint density at radius 3 is 2.43 bits per heavy atom. The first-order chi connectivity index (χ1) is 10.0. The number of nitrogens with one attached hydrogen (secondary N) is 1. The molecular weight excluding hydrogens is 258 g/mol. The molecule has 0 saturated heterocycles. The average molecular weight is 283 g/mol. The molecule has 2 nitrogen and oxygen atoms in total. The highest BCUT2D eigenvalue weighted by Crippen LogP contribution is 2.27. The lowest BCUT2D eigenvalue weighted by molar-refractivity contribution is 0.300. The molecule has 1 N–H and O–H groups in total. The Morgan fingerprint density at radius 2 is 1.76 bits per heavy atom. The van der Waals surface area contributed by atoms with Crippen molar-refractivity contribution in [2.75, 3.05) is 7.05 Å². The Kier molecular flexibility index (Phi) is 5.03. The summed E-state index contributed by atoms with van der Waals surface area (Å²) in [5, 5.41) is 3.28. The van der Waals surface area contributed by atoms with Gasteiger partial charge < -0.3 is 10.1 Å². The molecule has 2 heteroatoms. The van der Waals surface area contributed by atoms with Crippen molar-refractivity contribution in [3.63, 3.8) is 0 Å².